The summed E-state index contributed by atoms with van der Waals surface area (Å²) in [7, 11) is 0. The normalized spacial score (nSPS) is 10.2. The predicted octanol–water partition coefficient (Wildman–Crippen LogP) is 3.25. The Balaban J connectivity index is 2.12. The quantitative estimate of drug-likeness (QED) is 0.366. The molecule has 2 aromatic carbocycles. The fraction of sp³-hybridized carbons (Fsp3) is 0.176. The fourth-order valence-corrected chi connectivity index (χ4v) is 2.13. The highest BCUT2D eigenvalue weighted by atomic mass is 16.6. The maximum atomic E-state index is 12.2. The van der Waals surface area contributed by atoms with Gasteiger partial charge < -0.3 is 4.74 Å². The molecule has 0 spiro atoms. The summed E-state index contributed by atoms with van der Waals surface area (Å²) in [4.78, 5) is 34.4. The summed E-state index contributed by atoms with van der Waals surface area (Å²) < 4.78 is 4.94. The number of para-hydroxylation sites is 1. The van der Waals surface area contributed by atoms with Gasteiger partial charge in [-0.05, 0) is 31.5 Å². The summed E-state index contributed by atoms with van der Waals surface area (Å²) in [6, 6.07) is 10.9. The van der Waals surface area contributed by atoms with E-state index in [-0.39, 0.29) is 17.0 Å². The van der Waals surface area contributed by atoms with Gasteiger partial charge in [-0.15, -0.1) is 0 Å². The smallest absolute Gasteiger partial charge is 0.345 e. The summed E-state index contributed by atoms with van der Waals surface area (Å²) in [5, 5.41) is 10.9. The number of aryl methyl sites for hydroxylation is 2. The van der Waals surface area contributed by atoms with Crippen molar-refractivity contribution in [3.05, 3.63) is 74.8 Å². The molecule has 2 rings (SSSR count). The molecule has 0 atom stereocenters. The summed E-state index contributed by atoms with van der Waals surface area (Å²) in [6.45, 7) is 3.18. The van der Waals surface area contributed by atoms with Gasteiger partial charge in [-0.2, -0.15) is 0 Å². The minimum Gasteiger partial charge on any atom is -0.454 e. The van der Waals surface area contributed by atoms with Crippen LogP contribution in [0.2, 0.25) is 0 Å². The number of nitro benzene ring substituents is 1. The Morgan fingerprint density at radius 2 is 1.78 bits per heavy atom. The zero-order chi connectivity index (χ0) is 17.0. The summed E-state index contributed by atoms with van der Waals surface area (Å²) in [5.41, 5.74) is 1.65. The van der Waals surface area contributed by atoms with E-state index in [4.69, 9.17) is 4.74 Å². The zero-order valence-electron chi connectivity index (χ0n) is 12.7. The van der Waals surface area contributed by atoms with Gasteiger partial charge in [-0.25, -0.2) is 4.79 Å². The number of ketones is 1. The first-order valence-electron chi connectivity index (χ1n) is 6.91. The number of carbonyl (C=O) groups is 2. The Bertz CT molecular complexity index is 782. The Labute approximate surface area is 132 Å². The first kappa shape index (κ1) is 16.4. The highest BCUT2D eigenvalue weighted by molar-refractivity contribution is 6.01. The Morgan fingerprint density at radius 3 is 2.48 bits per heavy atom. The molecular weight excluding hydrogens is 298 g/mol. The lowest BCUT2D eigenvalue weighted by Crippen LogP contribution is -2.16. The molecule has 118 valence electrons. The van der Waals surface area contributed by atoms with Gasteiger partial charge in [0.2, 0.25) is 5.78 Å². The first-order chi connectivity index (χ1) is 10.9. The van der Waals surface area contributed by atoms with E-state index in [1.165, 1.54) is 24.3 Å². The molecule has 0 bridgehead atoms. The van der Waals surface area contributed by atoms with Crippen molar-refractivity contribution in [2.24, 2.45) is 0 Å². The maximum Gasteiger partial charge on any atom is 0.345 e. The van der Waals surface area contributed by atoms with Crippen LogP contribution >= 0.6 is 0 Å². The number of carbonyl (C=O) groups excluding carboxylic acids is 2. The number of nitro groups is 1. The van der Waals surface area contributed by atoms with Crippen molar-refractivity contribution < 1.29 is 19.2 Å². The Morgan fingerprint density at radius 1 is 1.09 bits per heavy atom. The van der Waals surface area contributed by atoms with Crippen LogP contribution < -0.4 is 0 Å². The predicted molar refractivity (Wildman–Crippen MR) is 83.6 cm³/mol. The van der Waals surface area contributed by atoms with E-state index < -0.39 is 17.5 Å². The molecule has 0 saturated carbocycles. The van der Waals surface area contributed by atoms with Crippen molar-refractivity contribution in [2.75, 3.05) is 6.61 Å². The van der Waals surface area contributed by atoms with Crippen LogP contribution in [-0.4, -0.2) is 23.3 Å². The number of nitrogens with zero attached hydrogens (tertiary/aromatic N) is 1. The molecule has 0 N–H and O–H groups in total. The van der Waals surface area contributed by atoms with Crippen LogP contribution in [-0.2, 0) is 4.74 Å². The second kappa shape index (κ2) is 6.83. The summed E-state index contributed by atoms with van der Waals surface area (Å²) in [5.74, 6) is -1.24. The van der Waals surface area contributed by atoms with Gasteiger partial charge >= 0.3 is 5.97 Å². The van der Waals surface area contributed by atoms with E-state index in [9.17, 15) is 19.7 Å². The molecule has 6 nitrogen and oxygen atoms in total. The van der Waals surface area contributed by atoms with Crippen LogP contribution in [0.4, 0.5) is 5.69 Å². The van der Waals surface area contributed by atoms with E-state index in [1.807, 2.05) is 19.1 Å². The van der Waals surface area contributed by atoms with Gasteiger partial charge in [0.1, 0.15) is 5.56 Å². The average molecular weight is 313 g/mol. The monoisotopic (exact) mass is 313 g/mol. The molecule has 6 heteroatoms. The van der Waals surface area contributed by atoms with Crippen molar-refractivity contribution >= 4 is 17.4 Å². The second-order valence-electron chi connectivity index (χ2n) is 5.09. The van der Waals surface area contributed by atoms with Crippen LogP contribution in [0.15, 0.2) is 42.5 Å². The molecule has 0 radical (unpaired) electrons. The third-order valence-electron chi connectivity index (χ3n) is 3.35. The highest BCUT2D eigenvalue weighted by Gasteiger charge is 2.21. The number of hydrogen-bond acceptors (Lipinski definition) is 5. The Hall–Kier alpha value is -3.02. The molecule has 0 aromatic heterocycles. The molecule has 0 aliphatic carbocycles. The molecule has 0 aliphatic rings. The standard InChI is InChI=1S/C17H15NO5/c1-11-7-8-12(2)14(9-11)16(19)10-23-17(20)13-5-3-4-6-15(13)18(21)22/h3-9H,10H2,1-2H3. The van der Waals surface area contributed by atoms with Gasteiger partial charge in [0.05, 0.1) is 4.92 Å². The first-order valence-corrected chi connectivity index (χ1v) is 6.91. The van der Waals surface area contributed by atoms with Crippen LogP contribution in [0.5, 0.6) is 0 Å². The summed E-state index contributed by atoms with van der Waals surface area (Å²) >= 11 is 0. The number of esters is 1. The largest absolute Gasteiger partial charge is 0.454 e. The molecule has 0 amide bonds. The second-order valence-corrected chi connectivity index (χ2v) is 5.09. The molecule has 0 saturated heterocycles. The van der Waals surface area contributed by atoms with Crippen molar-refractivity contribution in [1.82, 2.24) is 0 Å². The van der Waals surface area contributed by atoms with Gasteiger partial charge in [0.25, 0.3) is 5.69 Å². The van der Waals surface area contributed by atoms with Crippen molar-refractivity contribution in [2.45, 2.75) is 13.8 Å². The van der Waals surface area contributed by atoms with Crippen LogP contribution in [0.25, 0.3) is 0 Å². The van der Waals surface area contributed by atoms with Crippen LogP contribution in [0.1, 0.15) is 31.8 Å². The van der Waals surface area contributed by atoms with Gasteiger partial charge in [0.15, 0.2) is 6.61 Å². The molecule has 0 heterocycles. The fourth-order valence-electron chi connectivity index (χ4n) is 2.13. The lowest BCUT2D eigenvalue weighted by Gasteiger charge is -2.07. The summed E-state index contributed by atoms with van der Waals surface area (Å²) in [6.07, 6.45) is 0. The number of benzene rings is 2. The van der Waals surface area contributed by atoms with E-state index >= 15 is 0 Å². The lowest BCUT2D eigenvalue weighted by atomic mass is 10.0. The van der Waals surface area contributed by atoms with Crippen molar-refractivity contribution in [3.63, 3.8) is 0 Å². The van der Waals surface area contributed by atoms with Crippen LogP contribution in [0.3, 0.4) is 0 Å². The van der Waals surface area contributed by atoms with Crippen molar-refractivity contribution in [1.29, 1.82) is 0 Å². The zero-order valence-corrected chi connectivity index (χ0v) is 12.7. The third kappa shape index (κ3) is 3.79. The van der Waals surface area contributed by atoms with Gasteiger partial charge in [0, 0.05) is 11.6 Å². The molecule has 0 aliphatic heterocycles. The minimum atomic E-state index is -0.893. The molecule has 0 fully saturated rings. The Kier molecular flexibility index (Phi) is 4.85. The van der Waals surface area contributed by atoms with E-state index in [0.29, 0.717) is 5.56 Å². The minimum absolute atomic E-state index is 0.175. The SMILES string of the molecule is Cc1ccc(C)c(C(=O)COC(=O)c2ccccc2[N+](=O)[O-])c1. The van der Waals surface area contributed by atoms with E-state index in [0.717, 1.165) is 11.1 Å². The molecule has 2 aromatic rings. The topological polar surface area (TPSA) is 86.5 Å². The highest BCUT2D eigenvalue weighted by Crippen LogP contribution is 2.19. The van der Waals surface area contributed by atoms with Crippen molar-refractivity contribution in [3.8, 4) is 0 Å². The molecule has 23 heavy (non-hydrogen) atoms. The number of rotatable bonds is 5. The van der Waals surface area contributed by atoms with Gasteiger partial charge in [-0.3, -0.25) is 14.9 Å². The number of Topliss-reactive ketones (excluding diaryl/α,β-unsaturated/α-hetero) is 1. The number of ether oxygens (including phenoxy) is 1. The van der Waals surface area contributed by atoms with E-state index in [2.05, 4.69) is 0 Å². The molecular formula is C17H15NO5. The van der Waals surface area contributed by atoms with Crippen LogP contribution in [0, 0.1) is 24.0 Å². The molecule has 0 unspecified atom stereocenters. The van der Waals surface area contributed by atoms with E-state index in [1.54, 1.807) is 13.0 Å². The average Bonchev–Trinajstić information content (AvgIpc) is 2.54. The van der Waals surface area contributed by atoms with Gasteiger partial charge in [-0.1, -0.05) is 29.8 Å². The number of hydrogen-bond donors (Lipinski definition) is 0. The third-order valence-corrected chi connectivity index (χ3v) is 3.35. The lowest BCUT2D eigenvalue weighted by molar-refractivity contribution is -0.385. The maximum absolute atomic E-state index is 12.2.